The Morgan fingerprint density at radius 3 is 2.42 bits per heavy atom. The van der Waals surface area contributed by atoms with Gasteiger partial charge >= 0.3 is 0 Å². The van der Waals surface area contributed by atoms with E-state index in [2.05, 4.69) is 10.5 Å². The van der Waals surface area contributed by atoms with Gasteiger partial charge in [0.25, 0.3) is 17.3 Å². The fourth-order valence-electron chi connectivity index (χ4n) is 1.73. The number of hydrogen-bond acceptors (Lipinski definition) is 6. The highest BCUT2D eigenvalue weighted by atomic mass is 19.1. The minimum atomic E-state index is -0.756. The van der Waals surface area contributed by atoms with Crippen LogP contribution in [0.2, 0.25) is 0 Å². The van der Waals surface area contributed by atoms with Gasteiger partial charge in [0.05, 0.1) is 16.1 Å². The van der Waals surface area contributed by atoms with E-state index in [1.54, 1.807) is 0 Å². The lowest BCUT2D eigenvalue weighted by Crippen LogP contribution is -2.17. The van der Waals surface area contributed by atoms with Crippen molar-refractivity contribution in [3.63, 3.8) is 0 Å². The molecule has 0 radical (unpaired) electrons. The van der Waals surface area contributed by atoms with Crippen LogP contribution in [0.15, 0.2) is 47.6 Å². The molecule has 24 heavy (non-hydrogen) atoms. The summed E-state index contributed by atoms with van der Waals surface area (Å²) in [5, 5.41) is 24.8. The smallest absolute Gasteiger partial charge is 0.267 e. The van der Waals surface area contributed by atoms with Crippen molar-refractivity contribution in [3.8, 4) is 0 Å². The van der Waals surface area contributed by atoms with Crippen molar-refractivity contribution in [1.82, 2.24) is 5.43 Å². The molecule has 0 aromatic heterocycles. The molecule has 0 aliphatic carbocycles. The maximum absolute atomic E-state index is 13.5. The molecule has 2 rings (SSSR count). The van der Waals surface area contributed by atoms with Crippen LogP contribution in [0.3, 0.4) is 0 Å². The molecule has 10 heteroatoms. The number of nitro groups is 2. The number of hydrogen-bond donors (Lipinski definition) is 1. The summed E-state index contributed by atoms with van der Waals surface area (Å²) in [5.41, 5.74) is 1.26. The third kappa shape index (κ3) is 3.94. The number of nitro benzene ring substituents is 2. The van der Waals surface area contributed by atoms with E-state index in [0.29, 0.717) is 0 Å². The number of benzene rings is 2. The van der Waals surface area contributed by atoms with Gasteiger partial charge < -0.3 is 0 Å². The summed E-state index contributed by atoms with van der Waals surface area (Å²) in [5.74, 6) is -1.50. The number of carbonyl (C=O) groups is 1. The molecule has 0 fully saturated rings. The lowest BCUT2D eigenvalue weighted by atomic mass is 10.2. The van der Waals surface area contributed by atoms with E-state index >= 15 is 0 Å². The summed E-state index contributed by atoms with van der Waals surface area (Å²) >= 11 is 0. The van der Waals surface area contributed by atoms with Crippen LogP contribution in [-0.4, -0.2) is 22.0 Å². The summed E-state index contributed by atoms with van der Waals surface area (Å²) in [7, 11) is 0. The fraction of sp³-hybridized carbons (Fsp3) is 0. The summed E-state index contributed by atoms with van der Waals surface area (Å²) < 4.78 is 13.5. The van der Waals surface area contributed by atoms with E-state index in [1.807, 2.05) is 0 Å². The van der Waals surface area contributed by atoms with Gasteiger partial charge in [-0.25, -0.2) is 9.82 Å². The molecule has 0 unspecified atom stereocenters. The van der Waals surface area contributed by atoms with Gasteiger partial charge in [0.15, 0.2) is 0 Å². The summed E-state index contributed by atoms with van der Waals surface area (Å²) in [4.78, 5) is 31.7. The zero-order valence-electron chi connectivity index (χ0n) is 11.9. The Bertz CT molecular complexity index is 853. The molecular formula is C14H9FN4O5. The highest BCUT2D eigenvalue weighted by Gasteiger charge is 2.12. The zero-order valence-corrected chi connectivity index (χ0v) is 11.9. The van der Waals surface area contributed by atoms with Gasteiger partial charge in [-0.15, -0.1) is 0 Å². The second kappa shape index (κ2) is 7.05. The van der Waals surface area contributed by atoms with Crippen molar-refractivity contribution in [2.24, 2.45) is 5.10 Å². The largest absolute Gasteiger partial charge is 0.271 e. The minimum absolute atomic E-state index is 0.0131. The molecule has 0 saturated carbocycles. The van der Waals surface area contributed by atoms with Gasteiger partial charge in [-0.1, -0.05) is 6.07 Å². The number of nitrogens with one attached hydrogen (secondary N) is 1. The molecule has 9 nitrogen and oxygen atoms in total. The average molecular weight is 332 g/mol. The molecule has 1 amide bonds. The Morgan fingerprint density at radius 1 is 1.08 bits per heavy atom. The Hall–Kier alpha value is -3.69. The quantitative estimate of drug-likeness (QED) is 0.511. The van der Waals surface area contributed by atoms with E-state index in [4.69, 9.17) is 0 Å². The van der Waals surface area contributed by atoms with Crippen LogP contribution in [-0.2, 0) is 0 Å². The lowest BCUT2D eigenvalue weighted by Gasteiger charge is -2.00. The highest BCUT2D eigenvalue weighted by Crippen LogP contribution is 2.15. The van der Waals surface area contributed by atoms with Crippen molar-refractivity contribution in [2.45, 2.75) is 0 Å². The average Bonchev–Trinajstić information content (AvgIpc) is 2.56. The molecule has 0 saturated heterocycles. The molecule has 2 aromatic carbocycles. The normalized spacial score (nSPS) is 10.5. The standard InChI is InChI=1S/C14H9FN4O5/c15-13-5-4-12(19(23)24)7-10(13)8-16-17-14(20)9-2-1-3-11(6-9)18(21)22/h1-8H,(H,17,20)/b16-8-. The Morgan fingerprint density at radius 2 is 1.75 bits per heavy atom. The first-order valence-corrected chi connectivity index (χ1v) is 6.40. The van der Waals surface area contributed by atoms with Crippen LogP contribution in [0.4, 0.5) is 15.8 Å². The van der Waals surface area contributed by atoms with Crippen LogP contribution in [0.5, 0.6) is 0 Å². The fourth-order valence-corrected chi connectivity index (χ4v) is 1.73. The van der Waals surface area contributed by atoms with Gasteiger partial charge in [0, 0.05) is 35.4 Å². The van der Waals surface area contributed by atoms with E-state index < -0.39 is 21.6 Å². The number of nitrogens with zero attached hydrogens (tertiary/aromatic N) is 3. The number of hydrazone groups is 1. The Labute approximate surface area is 133 Å². The monoisotopic (exact) mass is 332 g/mol. The van der Waals surface area contributed by atoms with E-state index in [9.17, 15) is 29.4 Å². The first kappa shape index (κ1) is 16.7. The molecule has 0 aliphatic rings. The van der Waals surface area contributed by atoms with Crippen molar-refractivity contribution < 1.29 is 19.0 Å². The number of amides is 1. The Balaban J connectivity index is 2.13. The molecule has 0 heterocycles. The van der Waals surface area contributed by atoms with Gasteiger partial charge in [-0.05, 0) is 12.1 Å². The molecule has 122 valence electrons. The molecule has 1 N–H and O–H groups in total. The first-order valence-electron chi connectivity index (χ1n) is 6.40. The predicted molar refractivity (Wildman–Crippen MR) is 81.2 cm³/mol. The van der Waals surface area contributed by atoms with E-state index in [-0.39, 0.29) is 22.5 Å². The van der Waals surface area contributed by atoms with E-state index in [1.165, 1.54) is 18.2 Å². The number of halogens is 1. The Kier molecular flexibility index (Phi) is 4.90. The maximum Gasteiger partial charge on any atom is 0.271 e. The van der Waals surface area contributed by atoms with Crippen molar-refractivity contribution >= 4 is 23.5 Å². The first-order chi connectivity index (χ1) is 11.4. The van der Waals surface area contributed by atoms with Crippen LogP contribution >= 0.6 is 0 Å². The molecule has 0 atom stereocenters. The van der Waals surface area contributed by atoms with Crippen molar-refractivity contribution in [2.75, 3.05) is 0 Å². The van der Waals surface area contributed by atoms with Crippen molar-refractivity contribution in [3.05, 3.63) is 79.6 Å². The summed E-state index contributed by atoms with van der Waals surface area (Å²) in [6.07, 6.45) is 0.900. The highest BCUT2D eigenvalue weighted by molar-refractivity contribution is 5.95. The van der Waals surface area contributed by atoms with Crippen LogP contribution < -0.4 is 5.43 Å². The van der Waals surface area contributed by atoms with Gasteiger partial charge in [-0.2, -0.15) is 5.10 Å². The SMILES string of the molecule is O=C(N/N=C\c1cc([N+](=O)[O-])ccc1F)c1cccc([N+](=O)[O-])c1. The molecular weight excluding hydrogens is 323 g/mol. The van der Waals surface area contributed by atoms with Crippen molar-refractivity contribution in [1.29, 1.82) is 0 Å². The maximum atomic E-state index is 13.5. The predicted octanol–water partition coefficient (Wildman–Crippen LogP) is 2.41. The molecule has 0 bridgehead atoms. The van der Waals surface area contributed by atoms with Gasteiger partial charge in [0.2, 0.25) is 0 Å². The molecule has 2 aromatic rings. The second-order valence-electron chi connectivity index (χ2n) is 4.47. The third-order valence-corrected chi connectivity index (χ3v) is 2.88. The van der Waals surface area contributed by atoms with Crippen LogP contribution in [0.25, 0.3) is 0 Å². The number of carbonyl (C=O) groups excluding carboxylic acids is 1. The second-order valence-corrected chi connectivity index (χ2v) is 4.47. The van der Waals surface area contributed by atoms with Crippen LogP contribution in [0, 0.1) is 26.0 Å². The number of rotatable bonds is 5. The zero-order chi connectivity index (χ0) is 17.7. The minimum Gasteiger partial charge on any atom is -0.267 e. The van der Waals surface area contributed by atoms with Gasteiger partial charge in [-0.3, -0.25) is 25.0 Å². The number of non-ortho nitro benzene ring substituents is 2. The lowest BCUT2D eigenvalue weighted by molar-refractivity contribution is -0.385. The molecule has 0 spiro atoms. The van der Waals surface area contributed by atoms with Gasteiger partial charge in [0.1, 0.15) is 5.82 Å². The third-order valence-electron chi connectivity index (χ3n) is 2.88. The molecule has 0 aliphatic heterocycles. The van der Waals surface area contributed by atoms with E-state index in [0.717, 1.165) is 30.5 Å². The summed E-state index contributed by atoms with van der Waals surface area (Å²) in [6.45, 7) is 0. The van der Waals surface area contributed by atoms with Crippen LogP contribution in [0.1, 0.15) is 15.9 Å². The topological polar surface area (TPSA) is 128 Å². The summed E-state index contributed by atoms with van der Waals surface area (Å²) in [6, 6.07) is 7.80.